The molecule has 5 nitrogen and oxygen atoms in total. The number of unbranched alkanes of at least 4 members (excludes halogenated alkanes) is 6. The van der Waals surface area contributed by atoms with E-state index in [0.29, 0.717) is 32.5 Å². The Hall–Kier alpha value is -1.54. The molecule has 142 valence electrons. The van der Waals surface area contributed by atoms with Gasteiger partial charge in [0.15, 0.2) is 6.10 Å². The number of hydrogen-bond donors (Lipinski definition) is 0. The molecule has 0 aliphatic carbocycles. The van der Waals surface area contributed by atoms with E-state index in [1.807, 2.05) is 19.0 Å². The van der Waals surface area contributed by atoms with E-state index >= 15 is 0 Å². The molecule has 0 aromatic rings. The van der Waals surface area contributed by atoms with Gasteiger partial charge in [0.1, 0.15) is 0 Å². The van der Waals surface area contributed by atoms with Crippen LogP contribution in [0, 0.1) is 11.8 Å². The van der Waals surface area contributed by atoms with Crippen LogP contribution in [0.3, 0.4) is 0 Å². The summed E-state index contributed by atoms with van der Waals surface area (Å²) in [7, 11) is 3.91. The van der Waals surface area contributed by atoms with Gasteiger partial charge in [0.05, 0.1) is 13.1 Å². The second-order valence-corrected chi connectivity index (χ2v) is 6.99. The van der Waals surface area contributed by atoms with Gasteiger partial charge in [-0.2, -0.15) is 0 Å². The van der Waals surface area contributed by atoms with Gasteiger partial charge in [0.25, 0.3) is 5.91 Å². The average molecular weight is 351 g/mol. The maximum atomic E-state index is 12.2. The first kappa shape index (κ1) is 21.5. The van der Waals surface area contributed by atoms with Gasteiger partial charge in [-0.05, 0) is 20.5 Å². The number of carbonyl (C=O) groups excluding carboxylic acids is 2. The minimum atomic E-state index is -0.604. The lowest BCUT2D eigenvalue weighted by Gasteiger charge is -2.13. The number of esters is 1. The molecule has 0 radical (unpaired) electrons. The van der Waals surface area contributed by atoms with Crippen molar-refractivity contribution in [3.05, 3.63) is 0 Å². The highest BCUT2D eigenvalue weighted by molar-refractivity contribution is 5.85. The standard InChI is InChI=1S/C20H34N2O3/c1-4-5-6-7-8-9-10-13-19(23)25-18-14-17-22(20(18)24)16-12-11-15-21(2)3/h18H,4-10,13-17H2,1-3H3/t18-/m0/s1. The zero-order valence-electron chi connectivity index (χ0n) is 16.2. The van der Waals surface area contributed by atoms with Crippen LogP contribution in [0.5, 0.6) is 0 Å². The number of nitrogens with zero attached hydrogens (tertiary/aromatic N) is 2. The van der Waals surface area contributed by atoms with Crippen LogP contribution in [0.25, 0.3) is 0 Å². The fraction of sp³-hybridized carbons (Fsp3) is 0.800. The number of hydrogen-bond acceptors (Lipinski definition) is 4. The highest BCUT2D eigenvalue weighted by Gasteiger charge is 2.33. The predicted molar refractivity (Wildman–Crippen MR) is 100 cm³/mol. The molecule has 5 heteroatoms. The van der Waals surface area contributed by atoms with E-state index in [1.165, 1.54) is 32.1 Å². The highest BCUT2D eigenvalue weighted by Crippen LogP contribution is 2.16. The Labute approximate surface area is 153 Å². The van der Waals surface area contributed by atoms with Gasteiger partial charge in [0, 0.05) is 19.4 Å². The second-order valence-electron chi connectivity index (χ2n) is 6.99. The van der Waals surface area contributed by atoms with Crippen molar-refractivity contribution in [1.29, 1.82) is 0 Å². The van der Waals surface area contributed by atoms with Gasteiger partial charge in [0.2, 0.25) is 0 Å². The minimum absolute atomic E-state index is 0.105. The lowest BCUT2D eigenvalue weighted by Crippen LogP contribution is -2.32. The number of likely N-dealkylation sites (tertiary alicyclic amines) is 1. The molecular weight excluding hydrogens is 316 g/mol. The highest BCUT2D eigenvalue weighted by atomic mass is 16.5. The Morgan fingerprint density at radius 1 is 1.16 bits per heavy atom. The van der Waals surface area contributed by atoms with E-state index in [9.17, 15) is 9.59 Å². The van der Waals surface area contributed by atoms with Crippen LogP contribution < -0.4 is 0 Å². The van der Waals surface area contributed by atoms with Crippen molar-refractivity contribution in [2.75, 3.05) is 33.7 Å². The molecule has 1 fully saturated rings. The van der Waals surface area contributed by atoms with Crippen LogP contribution in [0.2, 0.25) is 0 Å². The Bertz CT molecular complexity index is 465. The molecule has 1 atom stereocenters. The maximum absolute atomic E-state index is 12.2. The molecular formula is C20H34N2O3. The molecule has 0 aromatic heterocycles. The first-order chi connectivity index (χ1) is 12.0. The van der Waals surface area contributed by atoms with Crippen LogP contribution in [0.15, 0.2) is 0 Å². The SMILES string of the molecule is CCCCCCCCCC(=O)O[C@H]1CCN(CC#CCN(C)C)C1=O. The second kappa shape index (κ2) is 12.8. The van der Waals surface area contributed by atoms with Crippen LogP contribution in [-0.2, 0) is 14.3 Å². The van der Waals surface area contributed by atoms with Crippen LogP contribution >= 0.6 is 0 Å². The molecule has 25 heavy (non-hydrogen) atoms. The third kappa shape index (κ3) is 9.50. The summed E-state index contributed by atoms with van der Waals surface area (Å²) in [6.07, 6.45) is 8.55. The zero-order valence-corrected chi connectivity index (χ0v) is 16.2. The topological polar surface area (TPSA) is 49.9 Å². The Balaban J connectivity index is 2.16. The Morgan fingerprint density at radius 3 is 2.52 bits per heavy atom. The third-order valence-electron chi connectivity index (χ3n) is 4.30. The maximum Gasteiger partial charge on any atom is 0.306 e. The number of ether oxygens (including phenoxy) is 1. The Kier molecular flexibility index (Phi) is 11.0. The molecule has 1 aliphatic rings. The number of rotatable bonds is 11. The zero-order chi connectivity index (χ0) is 18.5. The van der Waals surface area contributed by atoms with Crippen LogP contribution in [-0.4, -0.2) is 61.5 Å². The summed E-state index contributed by atoms with van der Waals surface area (Å²) in [6.45, 7) is 3.92. The summed E-state index contributed by atoms with van der Waals surface area (Å²) >= 11 is 0. The van der Waals surface area contributed by atoms with E-state index < -0.39 is 6.10 Å². The number of carbonyl (C=O) groups is 2. The van der Waals surface area contributed by atoms with Crippen molar-refractivity contribution in [2.24, 2.45) is 0 Å². The molecule has 0 unspecified atom stereocenters. The van der Waals surface area contributed by atoms with Crippen molar-refractivity contribution in [3.8, 4) is 11.8 Å². The van der Waals surface area contributed by atoms with Gasteiger partial charge in [-0.3, -0.25) is 14.5 Å². The molecule has 1 saturated heterocycles. The van der Waals surface area contributed by atoms with Crippen molar-refractivity contribution in [1.82, 2.24) is 9.80 Å². The molecule has 1 amide bonds. The fourth-order valence-electron chi connectivity index (χ4n) is 2.79. The summed E-state index contributed by atoms with van der Waals surface area (Å²) in [5, 5.41) is 0. The van der Waals surface area contributed by atoms with E-state index in [0.717, 1.165) is 12.8 Å². The summed E-state index contributed by atoms with van der Waals surface area (Å²) in [4.78, 5) is 27.8. The largest absolute Gasteiger partial charge is 0.452 e. The number of amides is 1. The molecule has 1 aliphatic heterocycles. The van der Waals surface area contributed by atoms with Gasteiger partial charge in [-0.15, -0.1) is 0 Å². The van der Waals surface area contributed by atoms with E-state index in [2.05, 4.69) is 18.8 Å². The van der Waals surface area contributed by atoms with E-state index in [4.69, 9.17) is 4.74 Å². The van der Waals surface area contributed by atoms with Gasteiger partial charge in [-0.1, -0.05) is 57.3 Å². The minimum Gasteiger partial charge on any atom is -0.452 e. The van der Waals surface area contributed by atoms with Crippen molar-refractivity contribution in [3.63, 3.8) is 0 Å². The lowest BCUT2D eigenvalue weighted by atomic mass is 10.1. The normalized spacial score (nSPS) is 16.9. The van der Waals surface area contributed by atoms with Crippen molar-refractivity contribution in [2.45, 2.75) is 70.8 Å². The Morgan fingerprint density at radius 2 is 1.84 bits per heavy atom. The molecule has 0 aromatic carbocycles. The fourth-order valence-corrected chi connectivity index (χ4v) is 2.79. The summed E-state index contributed by atoms with van der Waals surface area (Å²) < 4.78 is 5.36. The van der Waals surface area contributed by atoms with E-state index in [-0.39, 0.29) is 11.9 Å². The molecule has 1 rings (SSSR count). The van der Waals surface area contributed by atoms with Crippen LogP contribution in [0.4, 0.5) is 0 Å². The first-order valence-electron chi connectivity index (χ1n) is 9.63. The van der Waals surface area contributed by atoms with Crippen LogP contribution in [0.1, 0.15) is 64.7 Å². The third-order valence-corrected chi connectivity index (χ3v) is 4.30. The lowest BCUT2D eigenvalue weighted by molar-refractivity contribution is -0.156. The van der Waals surface area contributed by atoms with Crippen molar-refractivity contribution < 1.29 is 14.3 Å². The first-order valence-corrected chi connectivity index (χ1v) is 9.63. The smallest absolute Gasteiger partial charge is 0.306 e. The van der Waals surface area contributed by atoms with Gasteiger partial charge >= 0.3 is 5.97 Å². The summed E-state index contributed by atoms with van der Waals surface area (Å²) in [5.41, 5.74) is 0. The van der Waals surface area contributed by atoms with Gasteiger partial charge in [-0.25, -0.2) is 0 Å². The summed E-state index contributed by atoms with van der Waals surface area (Å²) in [6, 6.07) is 0. The molecule has 0 bridgehead atoms. The summed E-state index contributed by atoms with van der Waals surface area (Å²) in [5.74, 6) is 5.67. The average Bonchev–Trinajstić information content (AvgIpc) is 2.91. The van der Waals surface area contributed by atoms with Gasteiger partial charge < -0.3 is 9.64 Å². The molecule has 0 saturated carbocycles. The molecule has 1 heterocycles. The molecule has 0 spiro atoms. The molecule has 0 N–H and O–H groups in total. The van der Waals surface area contributed by atoms with Crippen molar-refractivity contribution >= 4 is 11.9 Å². The predicted octanol–water partition coefficient (Wildman–Crippen LogP) is 2.84. The van der Waals surface area contributed by atoms with E-state index in [1.54, 1.807) is 4.90 Å². The monoisotopic (exact) mass is 350 g/mol. The quantitative estimate of drug-likeness (QED) is 0.327.